The Morgan fingerprint density at radius 2 is 1.88 bits per heavy atom. The molecule has 1 aliphatic heterocycles. The molecular weight excluding hydrogens is 340 g/mol. The number of pyridine rings is 1. The maximum atomic E-state index is 5.75. The first-order valence-electron chi connectivity index (χ1n) is 8.76. The van der Waals surface area contributed by atoms with Crippen LogP contribution < -0.4 is 10.2 Å². The van der Waals surface area contributed by atoms with Gasteiger partial charge in [0.15, 0.2) is 5.11 Å². The highest BCUT2D eigenvalue weighted by Crippen LogP contribution is 2.41. The minimum absolute atomic E-state index is 0.00258. The number of anilines is 1. The van der Waals surface area contributed by atoms with Crippen molar-refractivity contribution in [2.75, 3.05) is 4.90 Å². The highest BCUT2D eigenvalue weighted by Gasteiger charge is 2.41. The maximum absolute atomic E-state index is 5.75. The zero-order chi connectivity index (χ0) is 18.3. The van der Waals surface area contributed by atoms with E-state index in [0.29, 0.717) is 0 Å². The molecule has 2 aromatic heterocycles. The van der Waals surface area contributed by atoms with E-state index in [1.807, 2.05) is 18.3 Å². The molecule has 5 heteroatoms. The molecule has 1 aliphatic rings. The first-order chi connectivity index (χ1) is 12.6. The van der Waals surface area contributed by atoms with Crippen LogP contribution in [0.3, 0.4) is 0 Å². The van der Waals surface area contributed by atoms with Crippen molar-refractivity contribution in [3.63, 3.8) is 0 Å². The summed E-state index contributed by atoms with van der Waals surface area (Å²) >= 11 is 5.75. The van der Waals surface area contributed by atoms with Gasteiger partial charge in [-0.2, -0.15) is 0 Å². The van der Waals surface area contributed by atoms with Crippen LogP contribution in [0.5, 0.6) is 0 Å². The van der Waals surface area contributed by atoms with E-state index in [1.165, 1.54) is 17.0 Å². The van der Waals surface area contributed by atoms with Crippen LogP contribution in [0, 0.1) is 13.8 Å². The number of rotatable bonds is 3. The lowest BCUT2D eigenvalue weighted by Gasteiger charge is -2.28. The lowest BCUT2D eigenvalue weighted by Crippen LogP contribution is -2.30. The first kappa shape index (κ1) is 16.8. The van der Waals surface area contributed by atoms with Crippen LogP contribution in [0.4, 0.5) is 5.69 Å². The van der Waals surface area contributed by atoms with Crippen molar-refractivity contribution in [3.8, 4) is 0 Å². The Labute approximate surface area is 159 Å². The van der Waals surface area contributed by atoms with E-state index in [0.717, 1.165) is 16.5 Å². The first-order valence-corrected chi connectivity index (χ1v) is 9.16. The van der Waals surface area contributed by atoms with Gasteiger partial charge in [-0.15, -0.1) is 0 Å². The molecule has 1 N–H and O–H groups in total. The number of hydrogen-bond donors (Lipinski definition) is 1. The molecule has 0 saturated carbocycles. The van der Waals surface area contributed by atoms with E-state index < -0.39 is 0 Å². The number of aromatic nitrogens is 2. The molecule has 1 fully saturated rings. The number of nitrogens with one attached hydrogen (secondary N) is 1. The molecule has 1 aromatic carbocycles. The highest BCUT2D eigenvalue weighted by molar-refractivity contribution is 7.80. The zero-order valence-electron chi connectivity index (χ0n) is 15.2. The molecule has 4 nitrogen and oxygen atoms in total. The van der Waals surface area contributed by atoms with Crippen LogP contribution in [0.2, 0.25) is 0 Å². The van der Waals surface area contributed by atoms with Crippen molar-refractivity contribution in [1.82, 2.24) is 14.9 Å². The van der Waals surface area contributed by atoms with Gasteiger partial charge in [0.05, 0.1) is 11.7 Å². The largest absolute Gasteiger partial charge is 0.351 e. The molecule has 0 unspecified atom stereocenters. The summed E-state index contributed by atoms with van der Waals surface area (Å²) in [6, 6.07) is 18.9. The molecule has 3 aromatic rings. The van der Waals surface area contributed by atoms with Gasteiger partial charge >= 0.3 is 0 Å². The monoisotopic (exact) mass is 362 g/mol. The summed E-state index contributed by atoms with van der Waals surface area (Å²) in [5.74, 6) is 0. The van der Waals surface area contributed by atoms with Gasteiger partial charge in [-0.05, 0) is 68.0 Å². The van der Waals surface area contributed by atoms with Gasteiger partial charge in [0.2, 0.25) is 0 Å². The van der Waals surface area contributed by atoms with E-state index in [2.05, 4.69) is 83.1 Å². The van der Waals surface area contributed by atoms with Crippen molar-refractivity contribution in [2.45, 2.75) is 25.9 Å². The average Bonchev–Trinajstić information content (AvgIpc) is 3.15. The van der Waals surface area contributed by atoms with E-state index in [9.17, 15) is 0 Å². The fourth-order valence-electron chi connectivity index (χ4n) is 3.64. The number of aryl methyl sites for hydroxylation is 2. The molecular formula is C21H22N4S. The molecule has 2 atom stereocenters. The van der Waals surface area contributed by atoms with Crippen molar-refractivity contribution >= 4 is 23.0 Å². The molecule has 4 rings (SSSR count). The second-order valence-electron chi connectivity index (χ2n) is 6.79. The van der Waals surface area contributed by atoms with Crippen LogP contribution in [0.15, 0.2) is 60.8 Å². The van der Waals surface area contributed by atoms with Gasteiger partial charge in [-0.25, -0.2) is 0 Å². The Balaban J connectivity index is 1.87. The number of nitrogens with zero attached hydrogens (tertiary/aromatic N) is 3. The zero-order valence-corrected chi connectivity index (χ0v) is 16.0. The number of benzene rings is 1. The summed E-state index contributed by atoms with van der Waals surface area (Å²) in [7, 11) is 2.11. The number of thiocarbonyl (C=S) groups is 1. The van der Waals surface area contributed by atoms with E-state index in [1.54, 1.807) is 0 Å². The Kier molecular flexibility index (Phi) is 4.24. The van der Waals surface area contributed by atoms with Gasteiger partial charge < -0.3 is 14.8 Å². The fourth-order valence-corrected chi connectivity index (χ4v) is 3.99. The van der Waals surface area contributed by atoms with Crippen LogP contribution in [0.1, 0.15) is 34.7 Å². The van der Waals surface area contributed by atoms with Crippen molar-refractivity contribution in [3.05, 3.63) is 83.4 Å². The van der Waals surface area contributed by atoms with Crippen LogP contribution in [-0.2, 0) is 7.05 Å². The average molecular weight is 363 g/mol. The molecule has 0 aliphatic carbocycles. The van der Waals surface area contributed by atoms with Crippen molar-refractivity contribution in [1.29, 1.82) is 0 Å². The number of hydrogen-bond acceptors (Lipinski definition) is 2. The van der Waals surface area contributed by atoms with Crippen LogP contribution in [0.25, 0.3) is 0 Å². The molecule has 0 radical (unpaired) electrons. The van der Waals surface area contributed by atoms with E-state index in [-0.39, 0.29) is 12.1 Å². The predicted octanol–water partition coefficient (Wildman–Crippen LogP) is 4.21. The molecule has 3 heterocycles. The quantitative estimate of drug-likeness (QED) is 0.708. The minimum Gasteiger partial charge on any atom is -0.351 e. The van der Waals surface area contributed by atoms with E-state index in [4.69, 9.17) is 12.2 Å². The standard InChI is InChI=1S/C21H22N4S/c1-14-7-6-8-16(13-14)25-20(18-11-10-15(2)24(18)3)19(23-21(25)26)17-9-4-5-12-22-17/h4-13,19-20H,1-3H3,(H,23,26)/t19-,20+/m1/s1. The second kappa shape index (κ2) is 6.57. The molecule has 26 heavy (non-hydrogen) atoms. The smallest absolute Gasteiger partial charge is 0.174 e. The molecule has 132 valence electrons. The van der Waals surface area contributed by atoms with Gasteiger partial charge in [0, 0.05) is 30.3 Å². The molecule has 0 amide bonds. The Morgan fingerprint density at radius 3 is 2.54 bits per heavy atom. The fraction of sp³-hybridized carbons (Fsp3) is 0.238. The minimum atomic E-state index is -0.00258. The van der Waals surface area contributed by atoms with Crippen LogP contribution in [-0.4, -0.2) is 14.7 Å². The Bertz CT molecular complexity index is 948. The van der Waals surface area contributed by atoms with Crippen molar-refractivity contribution in [2.24, 2.45) is 7.05 Å². The third kappa shape index (κ3) is 2.78. The Morgan fingerprint density at radius 1 is 1.04 bits per heavy atom. The maximum Gasteiger partial charge on any atom is 0.174 e. The lowest BCUT2D eigenvalue weighted by molar-refractivity contribution is 0.539. The van der Waals surface area contributed by atoms with Crippen LogP contribution >= 0.6 is 12.2 Å². The van der Waals surface area contributed by atoms with Gasteiger partial charge in [-0.3, -0.25) is 4.98 Å². The normalized spacial score (nSPS) is 19.7. The summed E-state index contributed by atoms with van der Waals surface area (Å²) in [5.41, 5.74) is 5.75. The van der Waals surface area contributed by atoms with Gasteiger partial charge in [0.25, 0.3) is 0 Å². The van der Waals surface area contributed by atoms with E-state index >= 15 is 0 Å². The lowest BCUT2D eigenvalue weighted by atomic mass is 10.0. The van der Waals surface area contributed by atoms with Gasteiger partial charge in [0.1, 0.15) is 6.04 Å². The SMILES string of the molecule is Cc1cccc(N2C(=S)N[C@H](c3ccccn3)[C@@H]2c2ccc(C)n2C)c1. The summed E-state index contributed by atoms with van der Waals surface area (Å²) in [5, 5.41) is 4.24. The highest BCUT2D eigenvalue weighted by atomic mass is 32.1. The summed E-state index contributed by atoms with van der Waals surface area (Å²) in [4.78, 5) is 6.81. The Hall–Kier alpha value is -2.66. The molecule has 0 spiro atoms. The second-order valence-corrected chi connectivity index (χ2v) is 7.18. The predicted molar refractivity (Wildman–Crippen MR) is 109 cm³/mol. The molecule has 0 bridgehead atoms. The van der Waals surface area contributed by atoms with Gasteiger partial charge in [-0.1, -0.05) is 18.2 Å². The third-order valence-corrected chi connectivity index (χ3v) is 5.41. The topological polar surface area (TPSA) is 33.1 Å². The molecule has 1 saturated heterocycles. The third-order valence-electron chi connectivity index (χ3n) is 5.09. The van der Waals surface area contributed by atoms with Crippen molar-refractivity contribution < 1.29 is 0 Å². The summed E-state index contributed by atoms with van der Waals surface area (Å²) in [6.07, 6.45) is 1.84. The summed E-state index contributed by atoms with van der Waals surface area (Å²) in [6.45, 7) is 4.23. The summed E-state index contributed by atoms with van der Waals surface area (Å²) < 4.78 is 2.24.